The Morgan fingerprint density at radius 3 is 3.10 bits per heavy atom. The first-order chi connectivity index (χ1) is 10.1. The Hall–Kier alpha value is -1.68. The molecule has 6 heteroatoms. The van der Waals surface area contributed by atoms with Gasteiger partial charge in [0.1, 0.15) is 11.7 Å². The Labute approximate surface area is 130 Å². The van der Waals surface area contributed by atoms with Crippen LogP contribution in [0.1, 0.15) is 12.0 Å². The minimum absolute atomic E-state index is 0.314. The molecule has 2 N–H and O–H groups in total. The number of nitrogens with zero attached hydrogens (tertiary/aromatic N) is 2. The van der Waals surface area contributed by atoms with Crippen LogP contribution in [0.15, 0.2) is 28.9 Å². The van der Waals surface area contributed by atoms with Crippen LogP contribution in [0, 0.1) is 11.3 Å². The summed E-state index contributed by atoms with van der Waals surface area (Å²) in [5.74, 6) is 0. The molecule has 5 nitrogen and oxygen atoms in total. The van der Waals surface area contributed by atoms with Gasteiger partial charge in [-0.05, 0) is 22.0 Å². The van der Waals surface area contributed by atoms with Gasteiger partial charge in [-0.25, -0.2) is 0 Å². The number of aromatic nitrogens is 1. The maximum absolute atomic E-state index is 10.3. The third kappa shape index (κ3) is 2.72. The molecule has 1 aliphatic rings. The van der Waals surface area contributed by atoms with Gasteiger partial charge in [0.2, 0.25) is 0 Å². The van der Waals surface area contributed by atoms with Gasteiger partial charge in [0, 0.05) is 35.6 Å². The number of para-hydroxylation sites is 1. The van der Waals surface area contributed by atoms with Crippen LogP contribution in [0.4, 0.5) is 5.69 Å². The van der Waals surface area contributed by atoms with E-state index in [0.29, 0.717) is 37.4 Å². The first-order valence-electron chi connectivity index (χ1n) is 6.64. The molecular formula is C15H14BrN3O2. The highest BCUT2D eigenvalue weighted by Gasteiger charge is 2.32. The maximum Gasteiger partial charge on any atom is 0.107 e. The number of halogens is 1. The highest BCUT2D eigenvalue weighted by Crippen LogP contribution is 2.31. The van der Waals surface area contributed by atoms with Crippen LogP contribution >= 0.6 is 15.9 Å². The summed E-state index contributed by atoms with van der Waals surface area (Å²) < 4.78 is 6.11. The first kappa shape index (κ1) is 14.3. The number of hydrogen-bond donors (Lipinski definition) is 2. The maximum atomic E-state index is 10.3. The second-order valence-electron chi connectivity index (χ2n) is 5.18. The normalized spacial score (nSPS) is 21.4. The predicted molar refractivity (Wildman–Crippen MR) is 83.0 cm³/mol. The number of fused-ring (bicyclic) bond motifs is 1. The molecule has 108 valence electrons. The second kappa shape index (κ2) is 5.60. The van der Waals surface area contributed by atoms with Crippen LogP contribution in [-0.4, -0.2) is 35.5 Å². The molecule has 0 aliphatic carbocycles. The summed E-state index contributed by atoms with van der Waals surface area (Å²) in [5.41, 5.74) is 1.06. The van der Waals surface area contributed by atoms with E-state index in [2.05, 4.69) is 32.3 Å². The Morgan fingerprint density at radius 1 is 1.52 bits per heavy atom. The van der Waals surface area contributed by atoms with Gasteiger partial charge in [0.15, 0.2) is 0 Å². The van der Waals surface area contributed by atoms with E-state index in [9.17, 15) is 10.4 Å². The molecule has 0 saturated carbocycles. The number of nitrogens with one attached hydrogen (secondary N) is 1. The molecule has 1 aromatic carbocycles. The monoisotopic (exact) mass is 347 g/mol. The Bertz CT molecular complexity index is 721. The summed E-state index contributed by atoms with van der Waals surface area (Å²) >= 11 is 3.46. The quantitative estimate of drug-likeness (QED) is 0.891. The summed E-state index contributed by atoms with van der Waals surface area (Å²) in [5, 5.41) is 23.7. The molecule has 0 amide bonds. The Kier molecular flexibility index (Phi) is 3.81. The molecule has 1 aromatic heterocycles. The number of aliphatic hydroxyl groups is 1. The fourth-order valence-corrected chi connectivity index (χ4v) is 2.92. The molecule has 0 unspecified atom stereocenters. The van der Waals surface area contributed by atoms with E-state index < -0.39 is 5.60 Å². The number of pyridine rings is 1. The van der Waals surface area contributed by atoms with Crippen LogP contribution in [0.25, 0.3) is 10.9 Å². The molecule has 0 radical (unpaired) electrons. The third-order valence-corrected chi connectivity index (χ3v) is 4.29. The Morgan fingerprint density at radius 2 is 2.38 bits per heavy atom. The topological polar surface area (TPSA) is 78.2 Å². The van der Waals surface area contributed by atoms with Crippen molar-refractivity contribution in [2.45, 2.75) is 12.0 Å². The zero-order chi connectivity index (χ0) is 14.9. The van der Waals surface area contributed by atoms with Crippen LogP contribution in [0.2, 0.25) is 0 Å². The van der Waals surface area contributed by atoms with E-state index in [-0.39, 0.29) is 0 Å². The summed E-state index contributed by atoms with van der Waals surface area (Å²) in [6.45, 7) is 1.22. The third-order valence-electron chi connectivity index (χ3n) is 3.65. The van der Waals surface area contributed by atoms with Crippen molar-refractivity contribution in [2.75, 3.05) is 25.1 Å². The molecular weight excluding hydrogens is 334 g/mol. The number of rotatable bonds is 3. The fraction of sp³-hybridized carbons (Fsp3) is 0.333. The highest BCUT2D eigenvalue weighted by atomic mass is 79.9. The van der Waals surface area contributed by atoms with E-state index >= 15 is 0 Å². The highest BCUT2D eigenvalue weighted by molar-refractivity contribution is 9.10. The molecule has 1 atom stereocenters. The van der Waals surface area contributed by atoms with Crippen molar-refractivity contribution in [2.24, 2.45) is 0 Å². The van der Waals surface area contributed by atoms with Crippen LogP contribution < -0.4 is 5.32 Å². The average molecular weight is 348 g/mol. The minimum atomic E-state index is -0.881. The smallest absolute Gasteiger partial charge is 0.107 e. The lowest BCUT2D eigenvalue weighted by atomic mass is 10.0. The molecule has 21 heavy (non-hydrogen) atoms. The van der Waals surface area contributed by atoms with Crippen molar-refractivity contribution in [3.8, 4) is 6.07 Å². The number of nitriles is 1. The van der Waals surface area contributed by atoms with Crippen molar-refractivity contribution in [3.05, 3.63) is 34.4 Å². The lowest BCUT2D eigenvalue weighted by molar-refractivity contribution is 0.0382. The van der Waals surface area contributed by atoms with Gasteiger partial charge in [0.05, 0.1) is 23.4 Å². The molecule has 2 aromatic rings. The molecule has 2 heterocycles. The van der Waals surface area contributed by atoms with Crippen LogP contribution in [0.5, 0.6) is 0 Å². The lowest BCUT2D eigenvalue weighted by Crippen LogP contribution is -2.37. The minimum Gasteiger partial charge on any atom is -0.386 e. The van der Waals surface area contributed by atoms with Gasteiger partial charge in [-0.3, -0.25) is 4.98 Å². The number of ether oxygens (including phenoxy) is 1. The summed E-state index contributed by atoms with van der Waals surface area (Å²) in [6.07, 6.45) is 2.14. The molecule has 0 bridgehead atoms. The average Bonchev–Trinajstić information content (AvgIpc) is 2.92. The van der Waals surface area contributed by atoms with E-state index in [0.717, 1.165) is 15.4 Å². The van der Waals surface area contributed by atoms with Gasteiger partial charge in [-0.2, -0.15) is 5.26 Å². The van der Waals surface area contributed by atoms with Crippen LogP contribution in [-0.2, 0) is 4.74 Å². The van der Waals surface area contributed by atoms with Gasteiger partial charge in [-0.15, -0.1) is 0 Å². The van der Waals surface area contributed by atoms with E-state index in [1.165, 1.54) is 0 Å². The van der Waals surface area contributed by atoms with Crippen molar-refractivity contribution in [1.29, 1.82) is 5.26 Å². The van der Waals surface area contributed by atoms with Crippen molar-refractivity contribution in [3.63, 3.8) is 0 Å². The SMILES string of the molecule is N#Cc1cnc2c(Br)cccc2c1NC[C@@]1(O)CCOC1. The largest absolute Gasteiger partial charge is 0.386 e. The number of anilines is 1. The zero-order valence-corrected chi connectivity index (χ0v) is 12.9. The van der Waals surface area contributed by atoms with Crippen LogP contribution in [0.3, 0.4) is 0 Å². The molecule has 3 rings (SSSR count). The molecule has 0 spiro atoms. The van der Waals surface area contributed by atoms with E-state index in [1.54, 1.807) is 6.20 Å². The van der Waals surface area contributed by atoms with Crippen molar-refractivity contribution in [1.82, 2.24) is 4.98 Å². The van der Waals surface area contributed by atoms with Crippen molar-refractivity contribution >= 4 is 32.5 Å². The summed E-state index contributed by atoms with van der Waals surface area (Å²) in [6, 6.07) is 7.85. The fourth-order valence-electron chi connectivity index (χ4n) is 2.45. The van der Waals surface area contributed by atoms with Crippen molar-refractivity contribution < 1.29 is 9.84 Å². The second-order valence-corrected chi connectivity index (χ2v) is 6.03. The van der Waals surface area contributed by atoms with E-state index in [1.807, 2.05) is 18.2 Å². The van der Waals surface area contributed by atoms with E-state index in [4.69, 9.17) is 4.74 Å². The summed E-state index contributed by atoms with van der Waals surface area (Å²) in [4.78, 5) is 4.31. The molecule has 1 saturated heterocycles. The zero-order valence-electron chi connectivity index (χ0n) is 11.3. The standard InChI is InChI=1S/C15H14BrN3O2/c16-12-3-1-2-11-13(10(6-17)7-18-14(11)12)19-8-15(20)4-5-21-9-15/h1-3,7,20H,4-5,8-9H2,(H,18,19)/t15-/m0/s1. The molecule has 1 aliphatic heterocycles. The Balaban J connectivity index is 1.99. The van der Waals surface area contributed by atoms with Gasteiger partial charge in [0.25, 0.3) is 0 Å². The predicted octanol–water partition coefficient (Wildman–Crippen LogP) is 2.43. The first-order valence-corrected chi connectivity index (χ1v) is 7.44. The molecule has 1 fully saturated rings. The lowest BCUT2D eigenvalue weighted by Gasteiger charge is -2.22. The van der Waals surface area contributed by atoms with Gasteiger partial charge < -0.3 is 15.2 Å². The van der Waals surface area contributed by atoms with Gasteiger partial charge in [-0.1, -0.05) is 12.1 Å². The number of hydrogen-bond acceptors (Lipinski definition) is 5. The number of benzene rings is 1. The summed E-state index contributed by atoms with van der Waals surface area (Å²) in [7, 11) is 0. The van der Waals surface area contributed by atoms with Gasteiger partial charge >= 0.3 is 0 Å².